The topological polar surface area (TPSA) is 74.7 Å². The first-order valence-electron chi connectivity index (χ1n) is 9.71. The number of rotatable bonds is 7. The van der Waals surface area contributed by atoms with Gasteiger partial charge in [-0.25, -0.2) is 13.2 Å². The number of hydrogen-bond acceptors (Lipinski definition) is 3. The number of aromatic carboxylic acids is 1. The van der Waals surface area contributed by atoms with Crippen LogP contribution in [0.1, 0.15) is 29.8 Å². The second-order valence-electron chi connectivity index (χ2n) is 7.67. The van der Waals surface area contributed by atoms with E-state index < -0.39 is 16.0 Å². The van der Waals surface area contributed by atoms with Gasteiger partial charge in [-0.1, -0.05) is 55.8 Å². The first kappa shape index (κ1) is 21.6. The number of benzene rings is 3. The second-order valence-corrected chi connectivity index (χ2v) is 9.53. The normalized spacial score (nSPS) is 11.5. The molecule has 0 fully saturated rings. The van der Waals surface area contributed by atoms with Gasteiger partial charge in [-0.05, 0) is 60.4 Å². The molecule has 5 nitrogen and oxygen atoms in total. The molecule has 3 rings (SSSR count). The summed E-state index contributed by atoms with van der Waals surface area (Å²) in [5.41, 5.74) is 3.57. The van der Waals surface area contributed by atoms with E-state index in [-0.39, 0.29) is 16.4 Å². The van der Waals surface area contributed by atoms with Crippen molar-refractivity contribution in [2.75, 3.05) is 10.8 Å². The number of nitrogens with zero attached hydrogens (tertiary/aromatic N) is 1. The molecule has 3 aromatic rings. The molecule has 6 heteroatoms. The Morgan fingerprint density at radius 1 is 0.867 bits per heavy atom. The fourth-order valence-corrected chi connectivity index (χ4v) is 4.76. The number of carboxylic acid groups (broad SMARTS) is 1. The van der Waals surface area contributed by atoms with Crippen LogP contribution in [0.3, 0.4) is 0 Å². The first-order chi connectivity index (χ1) is 14.2. The largest absolute Gasteiger partial charge is 0.478 e. The molecule has 1 N–H and O–H groups in total. The number of aryl methyl sites for hydroxylation is 1. The summed E-state index contributed by atoms with van der Waals surface area (Å²) in [7, 11) is -3.69. The molecule has 0 saturated carbocycles. The van der Waals surface area contributed by atoms with E-state index in [4.69, 9.17) is 5.11 Å². The van der Waals surface area contributed by atoms with Crippen molar-refractivity contribution in [3.05, 3.63) is 83.9 Å². The van der Waals surface area contributed by atoms with Crippen molar-refractivity contribution in [2.24, 2.45) is 5.92 Å². The third kappa shape index (κ3) is 4.71. The zero-order valence-electron chi connectivity index (χ0n) is 17.2. The summed E-state index contributed by atoms with van der Waals surface area (Å²) in [6.07, 6.45) is 0. The van der Waals surface area contributed by atoms with Crippen molar-refractivity contribution in [2.45, 2.75) is 25.7 Å². The summed E-state index contributed by atoms with van der Waals surface area (Å²) in [5.74, 6) is -0.823. The number of hydrogen-bond donors (Lipinski definition) is 1. The molecule has 0 unspecified atom stereocenters. The highest BCUT2D eigenvalue weighted by Gasteiger charge is 2.25. The van der Waals surface area contributed by atoms with Crippen LogP contribution in [-0.2, 0) is 10.0 Å². The maximum Gasteiger partial charge on any atom is 0.335 e. The molecule has 30 heavy (non-hydrogen) atoms. The molecule has 0 amide bonds. The van der Waals surface area contributed by atoms with Crippen LogP contribution in [0.25, 0.3) is 11.1 Å². The lowest BCUT2D eigenvalue weighted by Crippen LogP contribution is -2.34. The lowest BCUT2D eigenvalue weighted by Gasteiger charge is -2.26. The van der Waals surface area contributed by atoms with Crippen molar-refractivity contribution in [1.82, 2.24) is 0 Å². The Kier molecular flexibility index (Phi) is 6.27. The lowest BCUT2D eigenvalue weighted by atomic mass is 10.0. The van der Waals surface area contributed by atoms with Crippen LogP contribution < -0.4 is 4.31 Å². The minimum atomic E-state index is -3.69. The maximum absolute atomic E-state index is 13.3. The predicted octanol–water partition coefficient (Wildman–Crippen LogP) is 5.21. The Balaban J connectivity index is 1.95. The molecule has 0 aliphatic rings. The number of carboxylic acids is 1. The van der Waals surface area contributed by atoms with Crippen LogP contribution in [0.15, 0.2) is 77.7 Å². The Morgan fingerprint density at radius 2 is 1.37 bits per heavy atom. The average molecular weight is 424 g/mol. The zero-order valence-corrected chi connectivity index (χ0v) is 18.1. The van der Waals surface area contributed by atoms with Crippen LogP contribution in [0, 0.1) is 12.8 Å². The van der Waals surface area contributed by atoms with Gasteiger partial charge >= 0.3 is 5.97 Å². The van der Waals surface area contributed by atoms with Gasteiger partial charge in [0.2, 0.25) is 0 Å². The summed E-state index contributed by atoms with van der Waals surface area (Å²) in [4.78, 5) is 11.3. The molecule has 0 aromatic heterocycles. The summed E-state index contributed by atoms with van der Waals surface area (Å²) < 4.78 is 28.1. The van der Waals surface area contributed by atoms with E-state index in [2.05, 4.69) is 0 Å². The molecule has 0 spiro atoms. The van der Waals surface area contributed by atoms with Crippen LogP contribution in [0.5, 0.6) is 0 Å². The second kappa shape index (κ2) is 8.71. The van der Waals surface area contributed by atoms with Gasteiger partial charge in [-0.3, -0.25) is 4.31 Å². The highest BCUT2D eigenvalue weighted by Crippen LogP contribution is 2.28. The van der Waals surface area contributed by atoms with Crippen LogP contribution in [0.2, 0.25) is 0 Å². The summed E-state index contributed by atoms with van der Waals surface area (Å²) in [6.45, 7) is 6.25. The van der Waals surface area contributed by atoms with Crippen LogP contribution in [0.4, 0.5) is 5.69 Å². The molecule has 0 aliphatic heterocycles. The van der Waals surface area contributed by atoms with Crippen molar-refractivity contribution in [3.63, 3.8) is 0 Å². The van der Waals surface area contributed by atoms with E-state index >= 15 is 0 Å². The van der Waals surface area contributed by atoms with Crippen molar-refractivity contribution >= 4 is 21.7 Å². The molecule has 0 radical (unpaired) electrons. The van der Waals surface area contributed by atoms with Gasteiger partial charge in [0.1, 0.15) is 0 Å². The van der Waals surface area contributed by atoms with Gasteiger partial charge < -0.3 is 5.11 Å². The van der Waals surface area contributed by atoms with Crippen molar-refractivity contribution in [3.8, 4) is 11.1 Å². The van der Waals surface area contributed by atoms with Crippen molar-refractivity contribution in [1.29, 1.82) is 0 Å². The van der Waals surface area contributed by atoms with Gasteiger partial charge in [0, 0.05) is 6.54 Å². The minimum Gasteiger partial charge on any atom is -0.478 e. The highest BCUT2D eigenvalue weighted by atomic mass is 32.2. The molecule has 3 aromatic carbocycles. The molecule has 0 heterocycles. The van der Waals surface area contributed by atoms with E-state index in [1.807, 2.05) is 32.9 Å². The minimum absolute atomic E-state index is 0.147. The molecule has 0 saturated heterocycles. The fraction of sp³-hybridized carbons (Fsp3) is 0.208. The Labute approximate surface area is 177 Å². The number of anilines is 1. The SMILES string of the molecule is Cc1ccc(S(=O)(=O)N(CC(C)C)c2ccc(-c3ccc(C(=O)O)cc3)cc2)cc1. The van der Waals surface area contributed by atoms with E-state index in [1.54, 1.807) is 60.7 Å². The van der Waals surface area contributed by atoms with Gasteiger partial charge in [-0.15, -0.1) is 0 Å². The molecular formula is C24H25NO4S. The van der Waals surface area contributed by atoms with Gasteiger partial charge in [0.05, 0.1) is 16.1 Å². The van der Waals surface area contributed by atoms with E-state index in [0.29, 0.717) is 12.2 Å². The van der Waals surface area contributed by atoms with Crippen LogP contribution in [-0.4, -0.2) is 26.0 Å². The standard InChI is InChI=1S/C24H25NO4S/c1-17(2)16-25(30(28,29)23-14-4-18(3)5-15-23)22-12-10-20(11-13-22)19-6-8-21(9-7-19)24(26)27/h4-15,17H,16H2,1-3H3,(H,26,27). The number of sulfonamides is 1. The van der Waals surface area contributed by atoms with E-state index in [1.165, 1.54) is 4.31 Å². The summed E-state index contributed by atoms with van der Waals surface area (Å²) >= 11 is 0. The first-order valence-corrected chi connectivity index (χ1v) is 11.2. The molecule has 0 aliphatic carbocycles. The molecule has 0 bridgehead atoms. The zero-order chi connectivity index (χ0) is 21.9. The van der Waals surface area contributed by atoms with Gasteiger partial charge in [0.15, 0.2) is 0 Å². The monoisotopic (exact) mass is 423 g/mol. The smallest absolute Gasteiger partial charge is 0.335 e. The molecule has 0 atom stereocenters. The maximum atomic E-state index is 13.3. The molecule has 156 valence electrons. The molecular weight excluding hydrogens is 398 g/mol. The van der Waals surface area contributed by atoms with Crippen molar-refractivity contribution < 1.29 is 18.3 Å². The Hall–Kier alpha value is -3.12. The average Bonchev–Trinajstić information content (AvgIpc) is 2.72. The van der Waals surface area contributed by atoms with Gasteiger partial charge in [0.25, 0.3) is 10.0 Å². The third-order valence-corrected chi connectivity index (χ3v) is 6.57. The third-order valence-electron chi connectivity index (χ3n) is 4.76. The van der Waals surface area contributed by atoms with E-state index in [0.717, 1.165) is 16.7 Å². The fourth-order valence-electron chi connectivity index (χ4n) is 3.14. The van der Waals surface area contributed by atoms with E-state index in [9.17, 15) is 13.2 Å². The number of carbonyl (C=O) groups is 1. The quantitative estimate of drug-likeness (QED) is 0.566. The highest BCUT2D eigenvalue weighted by molar-refractivity contribution is 7.92. The Bertz CT molecular complexity index is 1120. The summed E-state index contributed by atoms with van der Waals surface area (Å²) in [6, 6.07) is 20.7. The Morgan fingerprint density at radius 3 is 1.83 bits per heavy atom. The lowest BCUT2D eigenvalue weighted by molar-refractivity contribution is 0.0697. The van der Waals surface area contributed by atoms with Crippen LogP contribution >= 0.6 is 0 Å². The van der Waals surface area contributed by atoms with Gasteiger partial charge in [-0.2, -0.15) is 0 Å². The predicted molar refractivity (Wildman–Crippen MR) is 119 cm³/mol. The summed E-state index contributed by atoms with van der Waals surface area (Å²) in [5, 5.41) is 9.04.